The van der Waals surface area contributed by atoms with Crippen molar-refractivity contribution in [2.24, 2.45) is 0 Å². The van der Waals surface area contributed by atoms with Crippen LogP contribution >= 0.6 is 0 Å². The maximum Gasteiger partial charge on any atom is 0.269 e. The van der Waals surface area contributed by atoms with Crippen molar-refractivity contribution in [3.05, 3.63) is 100 Å². The molecule has 0 aromatic heterocycles. The number of hydrogen-bond donors (Lipinski definition) is 0. The van der Waals surface area contributed by atoms with Gasteiger partial charge in [0.1, 0.15) is 0 Å². The summed E-state index contributed by atoms with van der Waals surface area (Å²) in [6.07, 6.45) is 8.25. The maximum absolute atomic E-state index is 10.8. The fourth-order valence-electron chi connectivity index (χ4n) is 2.59. The van der Waals surface area contributed by atoms with Gasteiger partial charge in [0, 0.05) is 12.1 Å². The Hall–Kier alpha value is -2.68. The highest BCUT2D eigenvalue weighted by atomic mass is 16.6. The molecule has 0 amide bonds. The Bertz CT molecular complexity index is 673. The van der Waals surface area contributed by atoms with Crippen LogP contribution in [0.4, 0.5) is 5.69 Å². The van der Waals surface area contributed by atoms with Crippen LogP contribution in [0.2, 0.25) is 0 Å². The Labute approximate surface area is 117 Å². The first-order valence-corrected chi connectivity index (χ1v) is 6.40. The summed E-state index contributed by atoms with van der Waals surface area (Å²) in [5.41, 5.74) is 1.97. The van der Waals surface area contributed by atoms with Crippen LogP contribution < -0.4 is 0 Å². The molecule has 2 aromatic rings. The highest BCUT2D eigenvalue weighted by Gasteiger charge is 2.30. The van der Waals surface area contributed by atoms with E-state index < -0.39 is 0 Å². The Morgan fingerprint density at radius 2 is 1.35 bits per heavy atom. The lowest BCUT2D eigenvalue weighted by atomic mass is 9.76. The number of rotatable bonds is 3. The fraction of sp³-hybridized carbons (Fsp3) is 0.0588. The molecule has 0 saturated carbocycles. The quantitative estimate of drug-likeness (QED) is 0.620. The van der Waals surface area contributed by atoms with E-state index in [0.717, 1.165) is 11.1 Å². The number of benzene rings is 2. The molecule has 3 heteroatoms. The van der Waals surface area contributed by atoms with Crippen LogP contribution in [0.15, 0.2) is 78.9 Å². The van der Waals surface area contributed by atoms with Gasteiger partial charge in [-0.25, -0.2) is 0 Å². The molecule has 0 saturated heterocycles. The van der Waals surface area contributed by atoms with Crippen LogP contribution in [0.3, 0.4) is 0 Å². The number of nitro benzene ring substituents is 1. The standard InChI is InChI=1S/C17H13NO2/c19-18(20)16-10-8-15(9-11-16)17(12-4-5-13-17)14-6-2-1-3-7-14/h1-13H. The van der Waals surface area contributed by atoms with Crippen LogP contribution in [0.1, 0.15) is 11.1 Å². The number of hydrogen-bond acceptors (Lipinski definition) is 2. The molecule has 0 bridgehead atoms. The highest BCUT2D eigenvalue weighted by molar-refractivity contribution is 5.54. The van der Waals surface area contributed by atoms with Crippen LogP contribution in [-0.4, -0.2) is 4.92 Å². The molecule has 0 fully saturated rings. The molecule has 0 heterocycles. The number of nitrogens with zero attached hydrogens (tertiary/aromatic N) is 1. The third-order valence-corrected chi connectivity index (χ3v) is 3.64. The van der Waals surface area contributed by atoms with Gasteiger partial charge in [0.25, 0.3) is 5.69 Å². The molecule has 0 atom stereocenters. The molecule has 0 N–H and O–H groups in total. The number of non-ortho nitro benzene ring substituents is 1. The van der Waals surface area contributed by atoms with Gasteiger partial charge in [-0.05, 0) is 11.1 Å². The largest absolute Gasteiger partial charge is 0.269 e. The fourth-order valence-corrected chi connectivity index (χ4v) is 2.59. The summed E-state index contributed by atoms with van der Waals surface area (Å²) >= 11 is 0. The summed E-state index contributed by atoms with van der Waals surface area (Å²) < 4.78 is 0. The first-order chi connectivity index (χ1) is 9.72. The second-order valence-corrected chi connectivity index (χ2v) is 4.76. The molecule has 0 aliphatic heterocycles. The molecule has 1 aliphatic carbocycles. The van der Waals surface area contributed by atoms with E-state index in [4.69, 9.17) is 0 Å². The maximum atomic E-state index is 10.8. The predicted molar refractivity (Wildman–Crippen MR) is 78.6 cm³/mol. The first kappa shape index (κ1) is 12.4. The van der Waals surface area contributed by atoms with Crippen molar-refractivity contribution in [1.29, 1.82) is 0 Å². The smallest absolute Gasteiger partial charge is 0.258 e. The molecular weight excluding hydrogens is 250 g/mol. The van der Waals surface area contributed by atoms with E-state index in [1.807, 2.05) is 42.5 Å². The van der Waals surface area contributed by atoms with Crippen LogP contribution in [0.5, 0.6) is 0 Å². The molecule has 2 aromatic carbocycles. The minimum Gasteiger partial charge on any atom is -0.258 e. The first-order valence-electron chi connectivity index (χ1n) is 6.40. The summed E-state index contributed by atoms with van der Waals surface area (Å²) in [7, 11) is 0. The number of allylic oxidation sites excluding steroid dienone is 4. The zero-order valence-corrected chi connectivity index (χ0v) is 10.8. The lowest BCUT2D eigenvalue weighted by Crippen LogP contribution is -2.20. The van der Waals surface area contributed by atoms with Crippen molar-refractivity contribution in [2.45, 2.75) is 5.41 Å². The lowest BCUT2D eigenvalue weighted by molar-refractivity contribution is -0.384. The van der Waals surface area contributed by atoms with Crippen LogP contribution in [0, 0.1) is 10.1 Å². The second kappa shape index (κ2) is 4.78. The van der Waals surface area contributed by atoms with E-state index in [1.54, 1.807) is 12.1 Å². The molecule has 0 spiro atoms. The van der Waals surface area contributed by atoms with Crippen molar-refractivity contribution in [3.63, 3.8) is 0 Å². The Morgan fingerprint density at radius 3 is 1.90 bits per heavy atom. The minimum absolute atomic E-state index is 0.114. The Morgan fingerprint density at radius 1 is 0.800 bits per heavy atom. The van der Waals surface area contributed by atoms with Gasteiger partial charge < -0.3 is 0 Å². The van der Waals surface area contributed by atoms with Crippen molar-refractivity contribution in [1.82, 2.24) is 0 Å². The lowest BCUT2D eigenvalue weighted by Gasteiger charge is -2.26. The summed E-state index contributed by atoms with van der Waals surface area (Å²) in [5.74, 6) is 0. The van der Waals surface area contributed by atoms with Crippen molar-refractivity contribution in [2.75, 3.05) is 0 Å². The normalized spacial score (nSPS) is 15.4. The van der Waals surface area contributed by atoms with Gasteiger partial charge in [-0.1, -0.05) is 66.8 Å². The molecule has 20 heavy (non-hydrogen) atoms. The topological polar surface area (TPSA) is 43.1 Å². The van der Waals surface area contributed by atoms with E-state index in [1.165, 1.54) is 0 Å². The monoisotopic (exact) mass is 263 g/mol. The van der Waals surface area contributed by atoms with E-state index in [0.29, 0.717) is 0 Å². The predicted octanol–water partition coefficient (Wildman–Crippen LogP) is 4.01. The SMILES string of the molecule is O=[N+]([O-])c1ccc(C2(c3ccccc3)C=CC=C2)cc1. The van der Waals surface area contributed by atoms with Crippen molar-refractivity contribution >= 4 is 5.69 Å². The molecule has 3 nitrogen and oxygen atoms in total. The van der Waals surface area contributed by atoms with Crippen molar-refractivity contribution in [3.8, 4) is 0 Å². The zero-order chi connectivity index (χ0) is 14.0. The number of nitro groups is 1. The van der Waals surface area contributed by atoms with Gasteiger partial charge in [-0.3, -0.25) is 10.1 Å². The average molecular weight is 263 g/mol. The van der Waals surface area contributed by atoms with Crippen LogP contribution in [-0.2, 0) is 5.41 Å². The molecular formula is C17H13NO2. The molecule has 3 rings (SSSR count). The van der Waals surface area contributed by atoms with E-state index >= 15 is 0 Å². The van der Waals surface area contributed by atoms with E-state index in [9.17, 15) is 10.1 Å². The Kier molecular flexibility index (Phi) is 2.95. The third-order valence-electron chi connectivity index (χ3n) is 3.64. The summed E-state index contributed by atoms with van der Waals surface area (Å²) in [6, 6.07) is 16.9. The van der Waals surface area contributed by atoms with Gasteiger partial charge in [-0.15, -0.1) is 0 Å². The molecule has 98 valence electrons. The zero-order valence-electron chi connectivity index (χ0n) is 10.8. The van der Waals surface area contributed by atoms with Gasteiger partial charge >= 0.3 is 0 Å². The van der Waals surface area contributed by atoms with Crippen LogP contribution in [0.25, 0.3) is 0 Å². The van der Waals surface area contributed by atoms with E-state index in [-0.39, 0.29) is 16.0 Å². The molecule has 0 radical (unpaired) electrons. The average Bonchev–Trinajstić information content (AvgIpc) is 2.99. The summed E-state index contributed by atoms with van der Waals surface area (Å²) in [6.45, 7) is 0. The van der Waals surface area contributed by atoms with Gasteiger partial charge in [-0.2, -0.15) is 0 Å². The second-order valence-electron chi connectivity index (χ2n) is 4.76. The molecule has 1 aliphatic rings. The van der Waals surface area contributed by atoms with E-state index in [2.05, 4.69) is 24.3 Å². The van der Waals surface area contributed by atoms with Gasteiger partial charge in [0.2, 0.25) is 0 Å². The summed E-state index contributed by atoms with van der Waals surface area (Å²) in [5, 5.41) is 10.8. The summed E-state index contributed by atoms with van der Waals surface area (Å²) in [4.78, 5) is 10.4. The molecule has 0 unspecified atom stereocenters. The highest BCUT2D eigenvalue weighted by Crippen LogP contribution is 2.38. The van der Waals surface area contributed by atoms with Gasteiger partial charge in [0.15, 0.2) is 0 Å². The van der Waals surface area contributed by atoms with Gasteiger partial charge in [0.05, 0.1) is 10.3 Å². The third kappa shape index (κ3) is 1.93. The van der Waals surface area contributed by atoms with Crippen molar-refractivity contribution < 1.29 is 4.92 Å². The Balaban J connectivity index is 2.11. The minimum atomic E-state index is -0.376.